The number of urea groups is 1. The van der Waals surface area contributed by atoms with Crippen molar-refractivity contribution in [2.45, 2.75) is 19.8 Å². The van der Waals surface area contributed by atoms with E-state index in [9.17, 15) is 9.59 Å². The summed E-state index contributed by atoms with van der Waals surface area (Å²) in [5.41, 5.74) is 0.894. The Kier molecular flexibility index (Phi) is 6.34. The molecule has 0 radical (unpaired) electrons. The number of benzene rings is 1. The number of piperazine rings is 1. The van der Waals surface area contributed by atoms with E-state index in [1.807, 2.05) is 19.1 Å². The molecule has 27 heavy (non-hydrogen) atoms. The van der Waals surface area contributed by atoms with E-state index in [-0.39, 0.29) is 11.9 Å². The van der Waals surface area contributed by atoms with E-state index < -0.39 is 0 Å². The number of nitrogens with zero attached hydrogens (tertiary/aromatic N) is 3. The minimum absolute atomic E-state index is 0.0526. The monoisotopic (exact) mass is 390 g/mol. The summed E-state index contributed by atoms with van der Waals surface area (Å²) in [6.45, 7) is 4.70. The fourth-order valence-corrected chi connectivity index (χ4v) is 3.09. The molecule has 0 aliphatic carbocycles. The molecule has 3 amide bonds. The molecule has 3 rings (SSSR count). The second-order valence-corrected chi connectivity index (χ2v) is 6.76. The zero-order valence-corrected chi connectivity index (χ0v) is 16.0. The Morgan fingerprint density at radius 1 is 1.15 bits per heavy atom. The van der Waals surface area contributed by atoms with Crippen LogP contribution in [0.5, 0.6) is 0 Å². The molecule has 1 aliphatic heterocycles. The first-order valence-electron chi connectivity index (χ1n) is 9.08. The number of amides is 3. The molecule has 0 unspecified atom stereocenters. The number of aryl methyl sites for hydroxylation is 1. The third kappa shape index (κ3) is 5.01. The van der Waals surface area contributed by atoms with Crippen LogP contribution in [0.2, 0.25) is 5.02 Å². The van der Waals surface area contributed by atoms with Crippen LogP contribution in [0.1, 0.15) is 19.2 Å². The minimum atomic E-state index is -0.0703. The molecule has 1 aliphatic rings. The molecular weight excluding hydrogens is 368 g/mol. The van der Waals surface area contributed by atoms with E-state index in [2.05, 4.69) is 10.3 Å². The number of aromatic nitrogens is 1. The van der Waals surface area contributed by atoms with E-state index in [1.165, 1.54) is 0 Å². The first kappa shape index (κ1) is 19.2. The van der Waals surface area contributed by atoms with Crippen molar-refractivity contribution >= 4 is 23.5 Å². The standard InChI is InChI=1S/C19H23ClN4O3/c1-2-21-19(26)24-11-9-23(10-12-24)18(25)8-7-17-22-13-16(27-17)14-3-5-15(20)6-4-14/h3-6,13H,2,7-12H2,1H3,(H,21,26). The third-order valence-electron chi connectivity index (χ3n) is 4.48. The minimum Gasteiger partial charge on any atom is -0.441 e. The summed E-state index contributed by atoms with van der Waals surface area (Å²) in [7, 11) is 0. The van der Waals surface area contributed by atoms with Crippen LogP contribution < -0.4 is 5.32 Å². The number of nitrogens with one attached hydrogen (secondary N) is 1. The van der Waals surface area contributed by atoms with Gasteiger partial charge in [-0.05, 0) is 31.2 Å². The molecule has 0 bridgehead atoms. The predicted octanol–water partition coefficient (Wildman–Crippen LogP) is 2.80. The summed E-state index contributed by atoms with van der Waals surface area (Å²) in [5.74, 6) is 1.25. The molecule has 0 spiro atoms. The first-order chi connectivity index (χ1) is 13.1. The van der Waals surface area contributed by atoms with Crippen LogP contribution in [-0.4, -0.2) is 59.4 Å². The molecule has 1 saturated heterocycles. The van der Waals surface area contributed by atoms with Gasteiger partial charge >= 0.3 is 6.03 Å². The van der Waals surface area contributed by atoms with E-state index in [0.717, 1.165) is 5.56 Å². The van der Waals surface area contributed by atoms with Gasteiger partial charge in [-0.1, -0.05) is 11.6 Å². The number of rotatable bonds is 5. The summed E-state index contributed by atoms with van der Waals surface area (Å²) >= 11 is 5.89. The number of hydrogen-bond acceptors (Lipinski definition) is 4. The van der Waals surface area contributed by atoms with Crippen molar-refractivity contribution in [1.29, 1.82) is 0 Å². The van der Waals surface area contributed by atoms with Crippen molar-refractivity contribution in [2.24, 2.45) is 0 Å². The van der Waals surface area contributed by atoms with E-state index in [0.29, 0.717) is 62.2 Å². The maximum atomic E-state index is 12.4. The molecule has 0 atom stereocenters. The van der Waals surface area contributed by atoms with Crippen molar-refractivity contribution < 1.29 is 14.0 Å². The lowest BCUT2D eigenvalue weighted by molar-refractivity contribution is -0.132. The van der Waals surface area contributed by atoms with Gasteiger partial charge in [-0.2, -0.15) is 0 Å². The van der Waals surface area contributed by atoms with Crippen molar-refractivity contribution in [3.05, 3.63) is 41.4 Å². The molecule has 1 aromatic heterocycles. The van der Waals surface area contributed by atoms with Gasteiger partial charge in [-0.25, -0.2) is 9.78 Å². The van der Waals surface area contributed by atoms with Crippen molar-refractivity contribution in [2.75, 3.05) is 32.7 Å². The van der Waals surface area contributed by atoms with Gasteiger partial charge in [0.15, 0.2) is 11.7 Å². The Balaban J connectivity index is 1.47. The topological polar surface area (TPSA) is 78.7 Å². The van der Waals surface area contributed by atoms with Gasteiger partial charge in [0, 0.05) is 56.2 Å². The highest BCUT2D eigenvalue weighted by atomic mass is 35.5. The van der Waals surface area contributed by atoms with Gasteiger partial charge in [0.25, 0.3) is 0 Å². The number of halogens is 1. The lowest BCUT2D eigenvalue weighted by Crippen LogP contribution is -2.53. The number of carbonyl (C=O) groups is 2. The van der Waals surface area contributed by atoms with E-state index in [4.69, 9.17) is 16.0 Å². The lowest BCUT2D eigenvalue weighted by atomic mass is 10.2. The zero-order valence-electron chi connectivity index (χ0n) is 15.3. The number of oxazole rings is 1. The van der Waals surface area contributed by atoms with Gasteiger partial charge in [0.1, 0.15) is 0 Å². The molecule has 144 valence electrons. The summed E-state index contributed by atoms with van der Waals surface area (Å²) in [5, 5.41) is 3.44. The second-order valence-electron chi connectivity index (χ2n) is 6.33. The van der Waals surface area contributed by atoms with E-state index >= 15 is 0 Å². The maximum Gasteiger partial charge on any atom is 0.317 e. The van der Waals surface area contributed by atoms with Crippen molar-refractivity contribution in [3.63, 3.8) is 0 Å². The molecule has 1 fully saturated rings. The molecule has 1 aromatic carbocycles. The molecule has 2 heterocycles. The molecule has 1 N–H and O–H groups in total. The van der Waals surface area contributed by atoms with Crippen LogP contribution in [0.25, 0.3) is 11.3 Å². The van der Waals surface area contributed by atoms with Crippen LogP contribution >= 0.6 is 11.6 Å². The number of carbonyl (C=O) groups excluding carboxylic acids is 2. The Morgan fingerprint density at radius 3 is 2.48 bits per heavy atom. The first-order valence-corrected chi connectivity index (χ1v) is 9.46. The third-order valence-corrected chi connectivity index (χ3v) is 4.73. The summed E-state index contributed by atoms with van der Waals surface area (Å²) in [6, 6.07) is 7.25. The largest absolute Gasteiger partial charge is 0.441 e. The van der Waals surface area contributed by atoms with Gasteiger partial charge in [0.05, 0.1) is 6.20 Å². The molecule has 8 heteroatoms. The smallest absolute Gasteiger partial charge is 0.317 e. The highest BCUT2D eigenvalue weighted by Gasteiger charge is 2.23. The van der Waals surface area contributed by atoms with Gasteiger partial charge in [-0.3, -0.25) is 4.79 Å². The van der Waals surface area contributed by atoms with Crippen LogP contribution in [-0.2, 0) is 11.2 Å². The zero-order chi connectivity index (χ0) is 19.2. The Labute approximate surface area is 163 Å². The van der Waals surface area contributed by atoms with Crippen LogP contribution in [0.3, 0.4) is 0 Å². The van der Waals surface area contributed by atoms with Gasteiger partial charge < -0.3 is 19.5 Å². The predicted molar refractivity (Wildman–Crippen MR) is 102 cm³/mol. The summed E-state index contributed by atoms with van der Waals surface area (Å²) < 4.78 is 5.74. The van der Waals surface area contributed by atoms with Gasteiger partial charge in [-0.15, -0.1) is 0 Å². The quantitative estimate of drug-likeness (QED) is 0.851. The normalized spacial score (nSPS) is 14.3. The van der Waals surface area contributed by atoms with Crippen LogP contribution in [0.15, 0.2) is 34.9 Å². The summed E-state index contributed by atoms with van der Waals surface area (Å²) in [4.78, 5) is 32.0. The Morgan fingerprint density at radius 2 is 1.81 bits per heavy atom. The maximum absolute atomic E-state index is 12.4. The van der Waals surface area contributed by atoms with Crippen LogP contribution in [0, 0.1) is 0 Å². The average molecular weight is 391 g/mol. The van der Waals surface area contributed by atoms with E-state index in [1.54, 1.807) is 28.1 Å². The fourth-order valence-electron chi connectivity index (χ4n) is 2.97. The lowest BCUT2D eigenvalue weighted by Gasteiger charge is -2.34. The fraction of sp³-hybridized carbons (Fsp3) is 0.421. The highest BCUT2D eigenvalue weighted by molar-refractivity contribution is 6.30. The average Bonchev–Trinajstić information content (AvgIpc) is 3.16. The SMILES string of the molecule is CCNC(=O)N1CCN(C(=O)CCc2ncc(-c3ccc(Cl)cc3)o2)CC1. The second kappa shape index (κ2) is 8.90. The molecule has 2 aromatic rings. The van der Waals surface area contributed by atoms with Crippen molar-refractivity contribution in [1.82, 2.24) is 20.1 Å². The molecule has 7 nitrogen and oxygen atoms in total. The molecule has 0 saturated carbocycles. The number of hydrogen-bond donors (Lipinski definition) is 1. The van der Waals surface area contributed by atoms with Crippen LogP contribution in [0.4, 0.5) is 4.79 Å². The summed E-state index contributed by atoms with van der Waals surface area (Å²) in [6.07, 6.45) is 2.44. The molecular formula is C19H23ClN4O3. The Hall–Kier alpha value is -2.54. The highest BCUT2D eigenvalue weighted by Crippen LogP contribution is 2.22. The Bertz CT molecular complexity index is 783. The van der Waals surface area contributed by atoms with Gasteiger partial charge in [0.2, 0.25) is 5.91 Å². The van der Waals surface area contributed by atoms with Crippen molar-refractivity contribution in [3.8, 4) is 11.3 Å².